The second kappa shape index (κ2) is 7.96. The molecule has 2 aromatic rings. The first-order chi connectivity index (χ1) is 10.7. The molecule has 0 radical (unpaired) electrons. The van der Waals surface area contributed by atoms with Crippen molar-refractivity contribution in [3.63, 3.8) is 0 Å². The van der Waals surface area contributed by atoms with Gasteiger partial charge >= 0.3 is 0 Å². The maximum atomic E-state index is 12.0. The molecule has 2 rings (SSSR count). The van der Waals surface area contributed by atoms with Crippen molar-refractivity contribution in [1.82, 2.24) is 0 Å². The SMILES string of the molecule is N#C/C(=C/C=C/c1ccccc1)C(=O)Nc1ccc(Br)cc1. The molecule has 0 saturated carbocycles. The van der Waals surface area contributed by atoms with Crippen molar-refractivity contribution in [1.29, 1.82) is 5.26 Å². The van der Waals surface area contributed by atoms with Crippen LogP contribution in [0.5, 0.6) is 0 Å². The van der Waals surface area contributed by atoms with Gasteiger partial charge in [-0.1, -0.05) is 58.4 Å². The molecule has 0 heterocycles. The van der Waals surface area contributed by atoms with Crippen LogP contribution in [0.4, 0.5) is 5.69 Å². The Morgan fingerprint density at radius 1 is 1.09 bits per heavy atom. The highest BCUT2D eigenvalue weighted by atomic mass is 79.9. The van der Waals surface area contributed by atoms with E-state index in [0.717, 1.165) is 10.0 Å². The van der Waals surface area contributed by atoms with E-state index in [1.54, 1.807) is 18.2 Å². The fourth-order valence-corrected chi connectivity index (χ4v) is 1.98. The van der Waals surface area contributed by atoms with Crippen molar-refractivity contribution in [3.05, 3.63) is 82.4 Å². The minimum absolute atomic E-state index is 0.0510. The van der Waals surface area contributed by atoms with Gasteiger partial charge in [-0.05, 0) is 35.9 Å². The van der Waals surface area contributed by atoms with Gasteiger partial charge in [-0.25, -0.2) is 0 Å². The zero-order valence-corrected chi connectivity index (χ0v) is 13.2. The number of hydrogen-bond donors (Lipinski definition) is 1. The number of carbonyl (C=O) groups is 1. The summed E-state index contributed by atoms with van der Waals surface area (Å²) in [6, 6.07) is 18.7. The van der Waals surface area contributed by atoms with Crippen molar-refractivity contribution in [3.8, 4) is 6.07 Å². The lowest BCUT2D eigenvalue weighted by Crippen LogP contribution is -2.13. The zero-order chi connectivity index (χ0) is 15.8. The number of carbonyl (C=O) groups excluding carboxylic acids is 1. The van der Waals surface area contributed by atoms with E-state index in [1.165, 1.54) is 6.08 Å². The molecule has 1 amide bonds. The lowest BCUT2D eigenvalue weighted by atomic mass is 10.2. The van der Waals surface area contributed by atoms with Crippen LogP contribution >= 0.6 is 15.9 Å². The molecular weight excluding hydrogens is 340 g/mol. The molecule has 4 heteroatoms. The molecule has 0 saturated heterocycles. The molecule has 0 aliphatic rings. The number of rotatable bonds is 4. The average Bonchev–Trinajstić information content (AvgIpc) is 2.54. The van der Waals surface area contributed by atoms with Gasteiger partial charge in [0, 0.05) is 10.2 Å². The van der Waals surface area contributed by atoms with Gasteiger partial charge in [0.2, 0.25) is 0 Å². The van der Waals surface area contributed by atoms with Crippen LogP contribution in [0.1, 0.15) is 5.56 Å². The highest BCUT2D eigenvalue weighted by Gasteiger charge is 2.07. The van der Waals surface area contributed by atoms with Crippen LogP contribution in [0.3, 0.4) is 0 Å². The summed E-state index contributed by atoms with van der Waals surface area (Å²) in [7, 11) is 0. The second-order valence-electron chi connectivity index (χ2n) is 4.42. The van der Waals surface area contributed by atoms with E-state index in [9.17, 15) is 4.79 Å². The number of anilines is 1. The summed E-state index contributed by atoms with van der Waals surface area (Å²) < 4.78 is 0.923. The van der Waals surface area contributed by atoms with E-state index >= 15 is 0 Å². The highest BCUT2D eigenvalue weighted by Crippen LogP contribution is 2.14. The van der Waals surface area contributed by atoms with Crippen LogP contribution in [0.15, 0.2) is 76.8 Å². The highest BCUT2D eigenvalue weighted by molar-refractivity contribution is 9.10. The first-order valence-electron chi connectivity index (χ1n) is 6.59. The van der Waals surface area contributed by atoms with Crippen LogP contribution in [-0.2, 0) is 4.79 Å². The van der Waals surface area contributed by atoms with Gasteiger partial charge in [-0.3, -0.25) is 4.79 Å². The van der Waals surface area contributed by atoms with Crippen LogP contribution < -0.4 is 5.32 Å². The van der Waals surface area contributed by atoms with E-state index in [2.05, 4.69) is 21.2 Å². The van der Waals surface area contributed by atoms with E-state index < -0.39 is 5.91 Å². The lowest BCUT2D eigenvalue weighted by molar-refractivity contribution is -0.112. The first-order valence-corrected chi connectivity index (χ1v) is 7.39. The smallest absolute Gasteiger partial charge is 0.266 e. The van der Waals surface area contributed by atoms with Crippen LogP contribution in [-0.4, -0.2) is 5.91 Å². The fraction of sp³-hybridized carbons (Fsp3) is 0. The van der Waals surface area contributed by atoms with Gasteiger partial charge in [0.05, 0.1) is 0 Å². The minimum Gasteiger partial charge on any atom is -0.321 e. The summed E-state index contributed by atoms with van der Waals surface area (Å²) in [5.41, 5.74) is 1.70. The number of amides is 1. The number of halogens is 1. The number of hydrogen-bond acceptors (Lipinski definition) is 2. The van der Waals surface area contributed by atoms with Crippen molar-refractivity contribution in [2.45, 2.75) is 0 Å². The second-order valence-corrected chi connectivity index (χ2v) is 5.34. The summed E-state index contributed by atoms with van der Waals surface area (Å²) in [6.07, 6.45) is 5.03. The Balaban J connectivity index is 2.05. The molecular formula is C18H13BrN2O. The molecule has 3 nitrogen and oxygen atoms in total. The number of allylic oxidation sites excluding steroid dienone is 2. The Morgan fingerprint density at radius 2 is 1.77 bits per heavy atom. The van der Waals surface area contributed by atoms with Crippen LogP contribution in [0.25, 0.3) is 6.08 Å². The normalized spacial score (nSPS) is 11.2. The molecule has 0 aliphatic carbocycles. The standard InChI is InChI=1S/C18H13BrN2O/c19-16-9-11-17(12-10-16)21-18(22)15(13-20)8-4-7-14-5-2-1-3-6-14/h1-12H,(H,21,22)/b7-4+,15-8-. The summed E-state index contributed by atoms with van der Waals surface area (Å²) in [6.45, 7) is 0. The topological polar surface area (TPSA) is 52.9 Å². The third-order valence-electron chi connectivity index (χ3n) is 2.82. The third kappa shape index (κ3) is 4.72. The van der Waals surface area contributed by atoms with Crippen molar-refractivity contribution in [2.24, 2.45) is 0 Å². The van der Waals surface area contributed by atoms with Gasteiger partial charge in [0.25, 0.3) is 5.91 Å². The quantitative estimate of drug-likeness (QED) is 0.498. The van der Waals surface area contributed by atoms with E-state index in [0.29, 0.717) is 5.69 Å². The summed E-state index contributed by atoms with van der Waals surface area (Å²) in [5.74, 6) is -0.428. The Kier molecular flexibility index (Phi) is 5.70. The van der Waals surface area contributed by atoms with E-state index in [1.807, 2.05) is 54.6 Å². The van der Waals surface area contributed by atoms with Gasteiger partial charge in [0.15, 0.2) is 0 Å². The molecule has 0 fully saturated rings. The number of nitrogens with zero attached hydrogens (tertiary/aromatic N) is 1. The fourth-order valence-electron chi connectivity index (χ4n) is 1.71. The Labute approximate surface area is 137 Å². The number of nitrogens with one attached hydrogen (secondary N) is 1. The van der Waals surface area contributed by atoms with Crippen LogP contribution in [0, 0.1) is 11.3 Å². The van der Waals surface area contributed by atoms with Gasteiger partial charge in [-0.15, -0.1) is 0 Å². The maximum Gasteiger partial charge on any atom is 0.266 e. The number of benzene rings is 2. The van der Waals surface area contributed by atoms with E-state index in [4.69, 9.17) is 5.26 Å². The Morgan fingerprint density at radius 3 is 2.41 bits per heavy atom. The van der Waals surface area contributed by atoms with Crippen molar-refractivity contribution >= 4 is 33.6 Å². The molecule has 108 valence electrons. The molecule has 0 spiro atoms. The van der Waals surface area contributed by atoms with Gasteiger partial charge in [-0.2, -0.15) is 5.26 Å². The van der Waals surface area contributed by atoms with Gasteiger partial charge in [0.1, 0.15) is 11.6 Å². The summed E-state index contributed by atoms with van der Waals surface area (Å²) >= 11 is 3.33. The monoisotopic (exact) mass is 352 g/mol. The average molecular weight is 353 g/mol. The largest absolute Gasteiger partial charge is 0.321 e. The van der Waals surface area contributed by atoms with Crippen molar-refractivity contribution < 1.29 is 4.79 Å². The first kappa shape index (κ1) is 15.7. The van der Waals surface area contributed by atoms with E-state index in [-0.39, 0.29) is 5.57 Å². The van der Waals surface area contributed by atoms with Crippen LogP contribution in [0.2, 0.25) is 0 Å². The molecule has 0 aromatic heterocycles. The van der Waals surface area contributed by atoms with Gasteiger partial charge < -0.3 is 5.32 Å². The lowest BCUT2D eigenvalue weighted by Gasteiger charge is -2.03. The molecule has 0 bridgehead atoms. The molecule has 2 aromatic carbocycles. The van der Waals surface area contributed by atoms with Crippen molar-refractivity contribution in [2.75, 3.05) is 5.32 Å². The predicted octanol–water partition coefficient (Wildman–Crippen LogP) is 4.55. The summed E-state index contributed by atoms with van der Waals surface area (Å²) in [5, 5.41) is 11.8. The molecule has 0 unspecified atom stereocenters. The third-order valence-corrected chi connectivity index (χ3v) is 3.35. The molecule has 1 N–H and O–H groups in total. The molecule has 0 aliphatic heterocycles. The number of nitriles is 1. The molecule has 22 heavy (non-hydrogen) atoms. The minimum atomic E-state index is -0.428. The zero-order valence-electron chi connectivity index (χ0n) is 11.7. The molecule has 0 atom stereocenters. The summed E-state index contributed by atoms with van der Waals surface area (Å²) in [4.78, 5) is 12.0. The Hall–Kier alpha value is -2.64. The Bertz CT molecular complexity index is 741. The predicted molar refractivity (Wildman–Crippen MR) is 91.9 cm³/mol. The maximum absolute atomic E-state index is 12.0.